The zero-order chi connectivity index (χ0) is 13.5. The maximum Gasteiger partial charge on any atom is 0.219 e. The highest BCUT2D eigenvalue weighted by atomic mass is 32.2. The van der Waals surface area contributed by atoms with E-state index in [1.165, 1.54) is 6.92 Å². The Kier molecular flexibility index (Phi) is 7.38. The molecule has 5 nitrogen and oxygen atoms in total. The first kappa shape index (κ1) is 16.4. The molecule has 1 atom stereocenters. The standard InChI is InChI=1S/C11H24N2O3S/c1-5-9-17(15,16)12-7-8-13(11(4)14)10(3)6-2/h10,12H,5-9H2,1-4H3. The lowest BCUT2D eigenvalue weighted by molar-refractivity contribution is -0.130. The second-order valence-electron chi connectivity index (χ2n) is 4.18. The van der Waals surface area contributed by atoms with Crippen LogP contribution in [0.25, 0.3) is 0 Å². The molecule has 0 saturated heterocycles. The van der Waals surface area contributed by atoms with E-state index in [1.54, 1.807) is 4.90 Å². The van der Waals surface area contributed by atoms with Crippen LogP contribution >= 0.6 is 0 Å². The molecule has 0 aliphatic rings. The van der Waals surface area contributed by atoms with Gasteiger partial charge in [-0.05, 0) is 19.8 Å². The Labute approximate surface area is 105 Å². The minimum Gasteiger partial charge on any atom is -0.339 e. The molecule has 0 spiro atoms. The van der Waals surface area contributed by atoms with Crippen molar-refractivity contribution in [1.82, 2.24) is 9.62 Å². The molecule has 0 fully saturated rings. The van der Waals surface area contributed by atoms with Gasteiger partial charge in [-0.25, -0.2) is 13.1 Å². The molecule has 0 rings (SSSR count). The van der Waals surface area contributed by atoms with Crippen LogP contribution in [0.1, 0.15) is 40.5 Å². The summed E-state index contributed by atoms with van der Waals surface area (Å²) in [5, 5.41) is 0. The average molecular weight is 264 g/mol. The lowest BCUT2D eigenvalue weighted by atomic mass is 10.2. The molecule has 1 unspecified atom stereocenters. The molecule has 1 N–H and O–H groups in total. The number of hydrogen-bond acceptors (Lipinski definition) is 3. The van der Waals surface area contributed by atoms with Gasteiger partial charge in [-0.1, -0.05) is 13.8 Å². The summed E-state index contributed by atoms with van der Waals surface area (Å²) in [5.74, 6) is 0.116. The number of carbonyl (C=O) groups is 1. The Morgan fingerprint density at radius 2 is 1.94 bits per heavy atom. The number of rotatable bonds is 8. The van der Waals surface area contributed by atoms with Gasteiger partial charge in [-0.3, -0.25) is 4.79 Å². The van der Waals surface area contributed by atoms with E-state index in [4.69, 9.17) is 0 Å². The van der Waals surface area contributed by atoms with E-state index in [9.17, 15) is 13.2 Å². The van der Waals surface area contributed by atoms with Gasteiger partial charge in [0.05, 0.1) is 5.75 Å². The lowest BCUT2D eigenvalue weighted by Crippen LogP contribution is -2.42. The molecule has 0 radical (unpaired) electrons. The van der Waals surface area contributed by atoms with E-state index in [2.05, 4.69) is 4.72 Å². The van der Waals surface area contributed by atoms with Gasteiger partial charge in [0.25, 0.3) is 0 Å². The van der Waals surface area contributed by atoms with Crippen LogP contribution in [0.15, 0.2) is 0 Å². The van der Waals surface area contributed by atoms with E-state index in [-0.39, 0.29) is 24.2 Å². The first-order valence-electron chi connectivity index (χ1n) is 6.08. The van der Waals surface area contributed by atoms with Crippen molar-refractivity contribution < 1.29 is 13.2 Å². The topological polar surface area (TPSA) is 66.5 Å². The van der Waals surface area contributed by atoms with Crippen LogP contribution in [-0.4, -0.2) is 44.1 Å². The predicted molar refractivity (Wildman–Crippen MR) is 69.2 cm³/mol. The largest absolute Gasteiger partial charge is 0.339 e. The number of amides is 1. The minimum atomic E-state index is -3.17. The summed E-state index contributed by atoms with van der Waals surface area (Å²) in [6, 6.07) is 0.142. The van der Waals surface area contributed by atoms with Crippen molar-refractivity contribution in [3.8, 4) is 0 Å². The van der Waals surface area contributed by atoms with Crippen molar-refractivity contribution in [2.24, 2.45) is 0 Å². The third-order valence-corrected chi connectivity index (χ3v) is 4.26. The summed E-state index contributed by atoms with van der Waals surface area (Å²) >= 11 is 0. The Morgan fingerprint density at radius 3 is 2.35 bits per heavy atom. The third-order valence-electron chi connectivity index (χ3n) is 2.67. The molecule has 0 bridgehead atoms. The summed E-state index contributed by atoms with van der Waals surface area (Å²) in [6.45, 7) is 8.00. The Bertz CT molecular complexity index is 328. The van der Waals surface area contributed by atoms with Crippen molar-refractivity contribution >= 4 is 15.9 Å². The van der Waals surface area contributed by atoms with Crippen LogP contribution < -0.4 is 4.72 Å². The molecule has 0 heterocycles. The van der Waals surface area contributed by atoms with E-state index in [0.717, 1.165) is 6.42 Å². The van der Waals surface area contributed by atoms with Crippen LogP contribution in [0.4, 0.5) is 0 Å². The van der Waals surface area contributed by atoms with Crippen molar-refractivity contribution in [2.75, 3.05) is 18.8 Å². The summed E-state index contributed by atoms with van der Waals surface area (Å²) in [4.78, 5) is 13.1. The molecule has 0 aromatic heterocycles. The summed E-state index contributed by atoms with van der Waals surface area (Å²) < 4.78 is 25.3. The molecule has 1 amide bonds. The van der Waals surface area contributed by atoms with Gasteiger partial charge in [-0.2, -0.15) is 0 Å². The average Bonchev–Trinajstić information content (AvgIpc) is 2.22. The molecule has 6 heteroatoms. The van der Waals surface area contributed by atoms with E-state index < -0.39 is 10.0 Å². The Morgan fingerprint density at radius 1 is 1.35 bits per heavy atom. The predicted octanol–water partition coefficient (Wildman–Crippen LogP) is 0.963. The van der Waals surface area contributed by atoms with Crippen molar-refractivity contribution in [3.05, 3.63) is 0 Å². The maximum atomic E-state index is 11.4. The molecule has 0 aromatic carbocycles. The monoisotopic (exact) mass is 264 g/mol. The number of hydrogen-bond donors (Lipinski definition) is 1. The second kappa shape index (κ2) is 7.66. The van der Waals surface area contributed by atoms with E-state index >= 15 is 0 Å². The van der Waals surface area contributed by atoms with Crippen LogP contribution in [0.3, 0.4) is 0 Å². The number of carbonyl (C=O) groups excluding carboxylic acids is 1. The highest BCUT2D eigenvalue weighted by molar-refractivity contribution is 7.89. The van der Waals surface area contributed by atoms with E-state index in [0.29, 0.717) is 13.0 Å². The normalized spacial score (nSPS) is 13.4. The number of nitrogens with one attached hydrogen (secondary N) is 1. The molecule has 102 valence electrons. The highest BCUT2D eigenvalue weighted by Crippen LogP contribution is 2.03. The first-order chi connectivity index (χ1) is 7.84. The van der Waals surface area contributed by atoms with Crippen molar-refractivity contribution in [3.63, 3.8) is 0 Å². The SMILES string of the molecule is CCCS(=O)(=O)NCCN(C(C)=O)C(C)CC. The zero-order valence-corrected chi connectivity index (χ0v) is 12.0. The van der Waals surface area contributed by atoms with Crippen LogP contribution in [0.5, 0.6) is 0 Å². The van der Waals surface area contributed by atoms with Crippen LogP contribution in [-0.2, 0) is 14.8 Å². The molecular weight excluding hydrogens is 240 g/mol. The second-order valence-corrected chi connectivity index (χ2v) is 6.11. The van der Waals surface area contributed by atoms with Gasteiger partial charge in [0.15, 0.2) is 0 Å². The highest BCUT2D eigenvalue weighted by Gasteiger charge is 2.15. The molecule has 0 aromatic rings. The number of sulfonamides is 1. The minimum absolute atomic E-state index is 0.0194. The quantitative estimate of drug-likeness (QED) is 0.710. The molecule has 17 heavy (non-hydrogen) atoms. The Hall–Kier alpha value is -0.620. The van der Waals surface area contributed by atoms with Crippen molar-refractivity contribution in [2.45, 2.75) is 46.6 Å². The fraction of sp³-hybridized carbons (Fsp3) is 0.909. The summed E-state index contributed by atoms with van der Waals surface area (Å²) in [5.41, 5.74) is 0. The van der Waals surface area contributed by atoms with Gasteiger partial charge < -0.3 is 4.90 Å². The fourth-order valence-electron chi connectivity index (χ4n) is 1.57. The van der Waals surface area contributed by atoms with Gasteiger partial charge >= 0.3 is 0 Å². The third kappa shape index (κ3) is 6.63. The Balaban J connectivity index is 4.20. The molecule has 0 saturated carbocycles. The maximum absolute atomic E-state index is 11.4. The van der Waals surface area contributed by atoms with Gasteiger partial charge in [0.2, 0.25) is 15.9 Å². The van der Waals surface area contributed by atoms with Gasteiger partial charge in [-0.15, -0.1) is 0 Å². The van der Waals surface area contributed by atoms with Crippen LogP contribution in [0.2, 0.25) is 0 Å². The molecule has 0 aliphatic heterocycles. The zero-order valence-electron chi connectivity index (χ0n) is 11.2. The van der Waals surface area contributed by atoms with Gasteiger partial charge in [0.1, 0.15) is 0 Å². The molecule has 0 aliphatic carbocycles. The van der Waals surface area contributed by atoms with Crippen LogP contribution in [0, 0.1) is 0 Å². The molecular formula is C11H24N2O3S. The summed E-state index contributed by atoms with van der Waals surface area (Å²) in [7, 11) is -3.17. The lowest BCUT2D eigenvalue weighted by Gasteiger charge is -2.27. The smallest absolute Gasteiger partial charge is 0.219 e. The van der Waals surface area contributed by atoms with Gasteiger partial charge in [0, 0.05) is 26.1 Å². The first-order valence-corrected chi connectivity index (χ1v) is 7.73. The number of nitrogens with zero attached hydrogens (tertiary/aromatic N) is 1. The van der Waals surface area contributed by atoms with E-state index in [1.807, 2.05) is 20.8 Å². The summed E-state index contributed by atoms with van der Waals surface area (Å²) in [6.07, 6.45) is 1.46. The van der Waals surface area contributed by atoms with Crippen molar-refractivity contribution in [1.29, 1.82) is 0 Å². The fourth-order valence-corrected chi connectivity index (χ4v) is 2.66.